The van der Waals surface area contributed by atoms with E-state index in [0.29, 0.717) is 5.75 Å². The van der Waals surface area contributed by atoms with Gasteiger partial charge in [-0.25, -0.2) is 4.79 Å². The molecule has 22 heteroatoms. The number of nitrogens with one attached hydrogen (secondary N) is 2. The van der Waals surface area contributed by atoms with E-state index in [9.17, 15) is 53.9 Å². The molecule has 0 saturated heterocycles. The summed E-state index contributed by atoms with van der Waals surface area (Å²) in [6.07, 6.45) is 0. The van der Waals surface area contributed by atoms with Crippen LogP contribution < -0.4 is 15.4 Å². The van der Waals surface area contributed by atoms with Crippen molar-refractivity contribution >= 4 is 103 Å². The normalized spacial score (nSPS) is 12.5. The number of hydrogen-bond donors (Lipinski definition) is 7. The number of carbonyl (C=O) groups excluding carboxylic acids is 1. The number of aromatic hydroxyl groups is 2. The molecule has 0 saturated carbocycles. The van der Waals surface area contributed by atoms with Crippen molar-refractivity contribution < 1.29 is 58.7 Å². The number of fused-ring (bicyclic) bond motifs is 3. The van der Waals surface area contributed by atoms with Gasteiger partial charge in [-0.05, 0) is 83.6 Å². The zero-order valence-corrected chi connectivity index (χ0v) is 32.9. The number of benzene rings is 7. The molecule has 0 atom stereocenters. The Morgan fingerprint density at radius 3 is 1.48 bits per heavy atom. The lowest BCUT2D eigenvalue weighted by Gasteiger charge is -2.13. The lowest BCUT2D eigenvalue weighted by Crippen LogP contribution is -2.19. The number of nitrogens with zero attached hydrogens (tertiary/aromatic N) is 4. The smallest absolute Gasteiger partial charge is 0.323 e. The lowest BCUT2D eigenvalue weighted by atomic mass is 10.1. The van der Waals surface area contributed by atoms with Crippen molar-refractivity contribution in [1.29, 1.82) is 0 Å². The van der Waals surface area contributed by atoms with Crippen molar-refractivity contribution in [2.45, 2.75) is 14.7 Å². The van der Waals surface area contributed by atoms with Gasteiger partial charge in [0.15, 0.2) is 11.5 Å². The molecule has 7 aromatic carbocycles. The molecule has 0 radical (unpaired) electrons. The predicted octanol–water partition coefficient (Wildman–Crippen LogP) is 8.78. The number of para-hydroxylation sites is 1. The average molecular weight is 873 g/mol. The van der Waals surface area contributed by atoms with E-state index in [1.54, 1.807) is 24.3 Å². The van der Waals surface area contributed by atoms with Gasteiger partial charge in [0.2, 0.25) is 0 Å². The molecule has 7 rings (SSSR count). The van der Waals surface area contributed by atoms with Crippen molar-refractivity contribution in [3.8, 4) is 17.2 Å². The zero-order chi connectivity index (χ0) is 43.1. The van der Waals surface area contributed by atoms with Gasteiger partial charge in [0.1, 0.15) is 37.5 Å². The first kappa shape index (κ1) is 41.1. The number of ether oxygens (including phenoxy) is 1. The largest absolute Gasteiger partial charge is 0.505 e. The molecule has 0 bridgehead atoms. The summed E-state index contributed by atoms with van der Waals surface area (Å²) in [6, 6.07) is 23.8. The van der Waals surface area contributed by atoms with E-state index in [0.717, 1.165) is 18.2 Å². The van der Waals surface area contributed by atoms with E-state index < -0.39 is 73.9 Å². The molecule has 0 aliphatic heterocycles. The third-order valence-corrected chi connectivity index (χ3v) is 11.6. The van der Waals surface area contributed by atoms with E-state index in [4.69, 9.17) is 4.74 Å². The molecule has 0 spiro atoms. The van der Waals surface area contributed by atoms with E-state index in [1.807, 2.05) is 0 Å². The molecular formula is C38H28N6O13S3. The topological polar surface area (TPSA) is 303 Å². The number of hydrogen-bond acceptors (Lipinski definition) is 14. The van der Waals surface area contributed by atoms with Gasteiger partial charge in [-0.3, -0.25) is 13.7 Å². The number of rotatable bonds is 10. The SMILES string of the molecule is COc1ccccc1N=Nc1c(S(=O)(=O)O)cc2cc(NC(=O)Nc3ccc4c(O)c(N=Nc5ccc(S(=O)(=O)O)c6ccccc56)c(S(=O)(=O)O)cc4c3)ccc2c1O. The van der Waals surface area contributed by atoms with Crippen LogP contribution in [0, 0.1) is 0 Å². The summed E-state index contributed by atoms with van der Waals surface area (Å²) in [6.45, 7) is 0. The van der Waals surface area contributed by atoms with Crippen LogP contribution in [0.25, 0.3) is 32.3 Å². The lowest BCUT2D eigenvalue weighted by molar-refractivity contribution is 0.262. The van der Waals surface area contributed by atoms with Crippen LogP contribution in [0.5, 0.6) is 17.2 Å². The van der Waals surface area contributed by atoms with Crippen molar-refractivity contribution in [2.75, 3.05) is 17.7 Å². The maximum atomic E-state index is 13.1. The minimum Gasteiger partial charge on any atom is -0.505 e. The van der Waals surface area contributed by atoms with Crippen LogP contribution in [0.2, 0.25) is 0 Å². The Morgan fingerprint density at radius 2 is 0.983 bits per heavy atom. The van der Waals surface area contributed by atoms with Crippen LogP contribution >= 0.6 is 0 Å². The van der Waals surface area contributed by atoms with Crippen molar-refractivity contribution in [3.63, 3.8) is 0 Å². The monoisotopic (exact) mass is 872 g/mol. The molecule has 0 aliphatic carbocycles. The third-order valence-electron chi connectivity index (χ3n) is 8.91. The fourth-order valence-corrected chi connectivity index (χ4v) is 8.24. The Kier molecular flexibility index (Phi) is 10.7. The highest BCUT2D eigenvalue weighted by Crippen LogP contribution is 2.44. The standard InChI is InChI=1S/C38H28N6O13S3/c1-57-30-9-5-4-8-29(30)42-44-35-33(60(54,55)56)19-21-17-23(11-13-25(21)37(35)46)40-38(47)39-22-10-12-24-20(16-22)18-32(59(51,52)53)34(36(24)45)43-41-28-14-15-31(58(48,49)50)27-7-3-2-6-26(27)28/h2-19,45-46H,1H3,(H2,39,40,47)(H,48,49,50)(H,51,52,53)(H,54,55,56). The van der Waals surface area contributed by atoms with Gasteiger partial charge >= 0.3 is 6.03 Å². The molecule has 7 aromatic rings. The van der Waals surface area contributed by atoms with E-state index in [1.165, 1.54) is 73.8 Å². The number of urea groups is 1. The summed E-state index contributed by atoms with van der Waals surface area (Å²) < 4.78 is 109. The first-order valence-electron chi connectivity index (χ1n) is 16.9. The van der Waals surface area contributed by atoms with E-state index >= 15 is 0 Å². The van der Waals surface area contributed by atoms with Crippen molar-refractivity contribution in [2.24, 2.45) is 20.5 Å². The summed E-state index contributed by atoms with van der Waals surface area (Å²) in [5.41, 5.74) is -0.782. The second kappa shape index (κ2) is 15.6. The number of carbonyl (C=O) groups is 1. The summed E-state index contributed by atoms with van der Waals surface area (Å²) in [4.78, 5) is 11.1. The molecule has 2 amide bonds. The second-order valence-corrected chi connectivity index (χ2v) is 16.9. The predicted molar refractivity (Wildman–Crippen MR) is 219 cm³/mol. The number of phenols is 2. The van der Waals surface area contributed by atoms with Crippen LogP contribution in [0.15, 0.2) is 144 Å². The Balaban J connectivity index is 1.17. The summed E-state index contributed by atoms with van der Waals surface area (Å²) >= 11 is 0. The molecule has 7 N–H and O–H groups in total. The number of azo groups is 2. The van der Waals surface area contributed by atoms with Crippen LogP contribution in [0.3, 0.4) is 0 Å². The number of anilines is 2. The molecular weight excluding hydrogens is 845 g/mol. The number of phenolic OH excluding ortho intramolecular Hbond substituents is 2. The third kappa shape index (κ3) is 8.26. The Morgan fingerprint density at radius 1 is 0.517 bits per heavy atom. The van der Waals surface area contributed by atoms with Gasteiger partial charge < -0.3 is 25.6 Å². The van der Waals surface area contributed by atoms with Crippen LogP contribution in [-0.2, 0) is 30.4 Å². The minimum atomic E-state index is -5.07. The zero-order valence-electron chi connectivity index (χ0n) is 30.4. The maximum absolute atomic E-state index is 13.1. The summed E-state index contributed by atoms with van der Waals surface area (Å²) in [7, 11) is -13.3. The molecule has 0 aromatic heterocycles. The molecule has 306 valence electrons. The van der Waals surface area contributed by atoms with Gasteiger partial charge in [-0.15, -0.1) is 20.5 Å². The van der Waals surface area contributed by atoms with Crippen molar-refractivity contribution in [1.82, 2.24) is 0 Å². The molecule has 0 unspecified atom stereocenters. The van der Waals surface area contributed by atoms with Crippen LogP contribution in [0.4, 0.5) is 38.9 Å². The number of amides is 2. The Labute approximate surface area is 339 Å². The maximum Gasteiger partial charge on any atom is 0.323 e. The molecule has 19 nitrogen and oxygen atoms in total. The van der Waals surface area contributed by atoms with Crippen LogP contribution in [-0.4, -0.2) is 62.3 Å². The molecule has 0 aliphatic rings. The summed E-state index contributed by atoms with van der Waals surface area (Å²) in [5, 5.41) is 43.6. The number of methoxy groups -OCH3 is 1. The molecule has 60 heavy (non-hydrogen) atoms. The summed E-state index contributed by atoms with van der Waals surface area (Å²) in [5.74, 6) is -1.04. The minimum absolute atomic E-state index is 0.0254. The average Bonchev–Trinajstić information content (AvgIpc) is 3.18. The van der Waals surface area contributed by atoms with Crippen molar-refractivity contribution in [3.05, 3.63) is 109 Å². The first-order chi connectivity index (χ1) is 28.3. The molecule has 0 heterocycles. The van der Waals surface area contributed by atoms with Gasteiger partial charge in [-0.2, -0.15) is 25.3 Å². The fraction of sp³-hybridized carbons (Fsp3) is 0.0263. The fourth-order valence-electron chi connectivity index (χ4n) is 6.23. The molecule has 0 fully saturated rings. The highest BCUT2D eigenvalue weighted by atomic mass is 32.2. The van der Waals surface area contributed by atoms with Crippen LogP contribution in [0.1, 0.15) is 0 Å². The van der Waals surface area contributed by atoms with E-state index in [2.05, 4.69) is 31.1 Å². The highest BCUT2D eigenvalue weighted by Gasteiger charge is 2.25. The first-order valence-corrected chi connectivity index (χ1v) is 21.2. The quantitative estimate of drug-likeness (QED) is 0.0500. The highest BCUT2D eigenvalue weighted by molar-refractivity contribution is 7.86. The van der Waals surface area contributed by atoms with E-state index in [-0.39, 0.29) is 55.1 Å². The second-order valence-electron chi connectivity index (χ2n) is 12.7. The van der Waals surface area contributed by atoms with Gasteiger partial charge in [0.25, 0.3) is 30.4 Å². The van der Waals surface area contributed by atoms with Gasteiger partial charge in [0, 0.05) is 32.9 Å². The van der Waals surface area contributed by atoms with Gasteiger partial charge in [-0.1, -0.05) is 36.4 Å². The Hall–Kier alpha value is -7.08. The van der Waals surface area contributed by atoms with Gasteiger partial charge in [0.05, 0.1) is 12.8 Å². The Bertz CT molecular complexity index is 3340.